The van der Waals surface area contributed by atoms with Gasteiger partial charge in [0, 0.05) is 19.2 Å². The van der Waals surface area contributed by atoms with Crippen molar-refractivity contribution in [2.75, 3.05) is 11.9 Å². The van der Waals surface area contributed by atoms with E-state index in [1.807, 2.05) is 13.8 Å². The van der Waals surface area contributed by atoms with Gasteiger partial charge in [-0.05, 0) is 24.1 Å². The van der Waals surface area contributed by atoms with Crippen LogP contribution in [0.5, 0.6) is 5.75 Å². The van der Waals surface area contributed by atoms with E-state index >= 15 is 0 Å². The number of benzene rings is 1. The molecule has 2 rings (SSSR count). The van der Waals surface area contributed by atoms with E-state index in [0.29, 0.717) is 6.54 Å². The monoisotopic (exact) mass is 366 g/mol. The molecule has 0 unspecified atom stereocenters. The molecule has 1 aromatic heterocycles. The third-order valence-electron chi connectivity index (χ3n) is 3.39. The Labute approximate surface area is 149 Å². The number of hydrogen-bond acceptors (Lipinski definition) is 4. The lowest BCUT2D eigenvalue weighted by atomic mass is 10.2. The molecule has 140 valence electrons. The molecule has 2 amide bonds. The van der Waals surface area contributed by atoms with Crippen molar-refractivity contribution in [2.45, 2.75) is 20.5 Å². The fourth-order valence-corrected chi connectivity index (χ4v) is 2.19. The van der Waals surface area contributed by atoms with Crippen LogP contribution < -0.4 is 15.4 Å². The van der Waals surface area contributed by atoms with Crippen molar-refractivity contribution < 1.29 is 23.1 Å². The van der Waals surface area contributed by atoms with Gasteiger partial charge in [0.05, 0.1) is 11.9 Å². The zero-order valence-corrected chi connectivity index (χ0v) is 14.6. The van der Waals surface area contributed by atoms with Gasteiger partial charge in [-0.3, -0.25) is 14.3 Å². The Kier molecular flexibility index (Phi) is 6.26. The van der Waals surface area contributed by atoms with Gasteiger partial charge in [0.2, 0.25) is 0 Å². The molecule has 0 aliphatic heterocycles. The second kappa shape index (κ2) is 8.41. The average Bonchev–Trinajstić information content (AvgIpc) is 2.92. The van der Waals surface area contributed by atoms with Crippen molar-refractivity contribution >= 4 is 17.5 Å². The van der Waals surface area contributed by atoms with Crippen LogP contribution >= 0.6 is 0 Å². The molecule has 0 aliphatic carbocycles. The van der Waals surface area contributed by atoms with Crippen molar-refractivity contribution in [3.63, 3.8) is 0 Å². The lowest BCUT2D eigenvalue weighted by Gasteiger charge is -2.11. The fourth-order valence-electron chi connectivity index (χ4n) is 2.19. The van der Waals surface area contributed by atoms with Crippen LogP contribution in [-0.2, 0) is 7.05 Å². The number of carbonyl (C=O) groups excluding carboxylic acids is 2. The van der Waals surface area contributed by atoms with Gasteiger partial charge in [0.1, 0.15) is 11.4 Å². The molecular formula is C17H20F2N4O3. The van der Waals surface area contributed by atoms with Crippen molar-refractivity contribution in [1.29, 1.82) is 0 Å². The number of anilines is 1. The molecule has 0 radical (unpaired) electrons. The molecule has 0 saturated carbocycles. The van der Waals surface area contributed by atoms with Crippen LogP contribution in [0.15, 0.2) is 30.5 Å². The van der Waals surface area contributed by atoms with E-state index in [1.165, 1.54) is 35.1 Å². The van der Waals surface area contributed by atoms with Crippen molar-refractivity contribution in [2.24, 2.45) is 13.0 Å². The summed E-state index contributed by atoms with van der Waals surface area (Å²) in [7, 11) is 1.58. The first-order chi connectivity index (χ1) is 12.3. The molecule has 0 aliphatic rings. The Morgan fingerprint density at radius 3 is 2.65 bits per heavy atom. The second-order valence-electron chi connectivity index (χ2n) is 5.99. The number of aromatic nitrogens is 2. The van der Waals surface area contributed by atoms with E-state index in [9.17, 15) is 18.4 Å². The Balaban J connectivity index is 2.16. The molecule has 9 heteroatoms. The Morgan fingerprint density at radius 1 is 1.27 bits per heavy atom. The van der Waals surface area contributed by atoms with E-state index in [0.717, 1.165) is 0 Å². The Hall–Kier alpha value is -2.97. The first-order valence-electron chi connectivity index (χ1n) is 7.94. The summed E-state index contributed by atoms with van der Waals surface area (Å²) in [5.41, 5.74) is 0.526. The van der Waals surface area contributed by atoms with Gasteiger partial charge in [0.15, 0.2) is 0 Å². The van der Waals surface area contributed by atoms with E-state index < -0.39 is 12.5 Å². The first kappa shape index (κ1) is 19.4. The van der Waals surface area contributed by atoms with Gasteiger partial charge < -0.3 is 15.4 Å². The minimum atomic E-state index is -2.98. The maximum atomic E-state index is 12.4. The number of amides is 2. The molecule has 1 aromatic carbocycles. The lowest BCUT2D eigenvalue weighted by Crippen LogP contribution is -2.30. The molecule has 0 bridgehead atoms. The van der Waals surface area contributed by atoms with Crippen molar-refractivity contribution in [1.82, 2.24) is 15.1 Å². The third-order valence-corrected chi connectivity index (χ3v) is 3.39. The van der Waals surface area contributed by atoms with Gasteiger partial charge in [-0.25, -0.2) is 0 Å². The van der Waals surface area contributed by atoms with Gasteiger partial charge in [-0.15, -0.1) is 0 Å². The SMILES string of the molecule is CC(C)CNC(=O)c1c(NC(=O)c2cccc(OC(F)F)c2)cnn1C. The molecule has 26 heavy (non-hydrogen) atoms. The molecule has 2 aromatic rings. The number of hydrogen-bond donors (Lipinski definition) is 2. The predicted molar refractivity (Wildman–Crippen MR) is 91.4 cm³/mol. The number of ether oxygens (including phenoxy) is 1. The van der Waals surface area contributed by atoms with Crippen LogP contribution in [-0.4, -0.2) is 34.8 Å². The highest BCUT2D eigenvalue weighted by atomic mass is 19.3. The number of halogens is 2. The summed E-state index contributed by atoms with van der Waals surface area (Å²) in [6.07, 6.45) is 1.35. The molecule has 0 spiro atoms. The normalized spacial score (nSPS) is 10.9. The van der Waals surface area contributed by atoms with Crippen LogP contribution in [0.3, 0.4) is 0 Å². The largest absolute Gasteiger partial charge is 0.435 e. The number of rotatable bonds is 7. The number of carbonyl (C=O) groups is 2. The zero-order valence-electron chi connectivity index (χ0n) is 14.6. The van der Waals surface area contributed by atoms with Crippen LogP contribution in [0.1, 0.15) is 34.7 Å². The van der Waals surface area contributed by atoms with E-state index in [2.05, 4.69) is 20.5 Å². The highest BCUT2D eigenvalue weighted by molar-refractivity contribution is 6.08. The Morgan fingerprint density at radius 2 is 2.00 bits per heavy atom. The topological polar surface area (TPSA) is 85.2 Å². The highest BCUT2D eigenvalue weighted by Gasteiger charge is 2.19. The van der Waals surface area contributed by atoms with Gasteiger partial charge in [0.25, 0.3) is 11.8 Å². The standard InChI is InChI=1S/C17H20F2N4O3/c1-10(2)8-20-16(25)14-13(9-21-23(14)3)22-15(24)11-5-4-6-12(7-11)26-17(18)19/h4-7,9-10,17H,8H2,1-3H3,(H,20,25)(H,22,24). The van der Waals surface area contributed by atoms with E-state index in [-0.39, 0.29) is 34.5 Å². The molecule has 0 fully saturated rings. The number of aryl methyl sites for hydroxylation is 1. The molecule has 0 saturated heterocycles. The average molecular weight is 366 g/mol. The molecular weight excluding hydrogens is 346 g/mol. The quantitative estimate of drug-likeness (QED) is 0.789. The van der Waals surface area contributed by atoms with Gasteiger partial charge in [-0.1, -0.05) is 19.9 Å². The molecule has 2 N–H and O–H groups in total. The van der Waals surface area contributed by atoms with Gasteiger partial charge >= 0.3 is 6.61 Å². The Bertz CT molecular complexity index is 790. The van der Waals surface area contributed by atoms with Crippen LogP contribution in [0, 0.1) is 5.92 Å². The van der Waals surface area contributed by atoms with E-state index in [4.69, 9.17) is 0 Å². The molecule has 1 heterocycles. The second-order valence-corrected chi connectivity index (χ2v) is 5.99. The summed E-state index contributed by atoms with van der Waals surface area (Å²) >= 11 is 0. The highest BCUT2D eigenvalue weighted by Crippen LogP contribution is 2.19. The van der Waals surface area contributed by atoms with Crippen molar-refractivity contribution in [3.05, 3.63) is 41.7 Å². The lowest BCUT2D eigenvalue weighted by molar-refractivity contribution is -0.0498. The van der Waals surface area contributed by atoms with Crippen molar-refractivity contribution in [3.8, 4) is 5.75 Å². The summed E-state index contributed by atoms with van der Waals surface area (Å²) in [5, 5.41) is 9.31. The number of alkyl halides is 2. The zero-order chi connectivity index (χ0) is 19.3. The van der Waals surface area contributed by atoms with Crippen LogP contribution in [0.4, 0.5) is 14.5 Å². The summed E-state index contributed by atoms with van der Waals surface area (Å²) in [5.74, 6) is -0.809. The van der Waals surface area contributed by atoms with Crippen LogP contribution in [0.2, 0.25) is 0 Å². The maximum absolute atomic E-state index is 12.4. The first-order valence-corrected chi connectivity index (χ1v) is 7.94. The minimum absolute atomic E-state index is 0.112. The fraction of sp³-hybridized carbons (Fsp3) is 0.353. The summed E-state index contributed by atoms with van der Waals surface area (Å²) < 4.78 is 30.2. The van der Waals surface area contributed by atoms with E-state index in [1.54, 1.807) is 7.05 Å². The predicted octanol–water partition coefficient (Wildman–Crippen LogP) is 2.66. The number of nitrogens with one attached hydrogen (secondary N) is 2. The van der Waals surface area contributed by atoms with Gasteiger partial charge in [-0.2, -0.15) is 13.9 Å². The maximum Gasteiger partial charge on any atom is 0.387 e. The minimum Gasteiger partial charge on any atom is -0.435 e. The number of nitrogens with zero attached hydrogens (tertiary/aromatic N) is 2. The molecule has 7 nitrogen and oxygen atoms in total. The van der Waals surface area contributed by atoms with Crippen LogP contribution in [0.25, 0.3) is 0 Å². The summed E-state index contributed by atoms with van der Waals surface area (Å²) in [4.78, 5) is 24.7. The third kappa shape index (κ3) is 5.01. The molecule has 0 atom stereocenters. The summed E-state index contributed by atoms with van der Waals surface area (Å²) in [6.45, 7) is 1.41. The summed E-state index contributed by atoms with van der Waals surface area (Å²) in [6, 6.07) is 5.38. The smallest absolute Gasteiger partial charge is 0.387 e.